The van der Waals surface area contributed by atoms with Gasteiger partial charge in [0.05, 0.1) is 5.52 Å². The lowest BCUT2D eigenvalue weighted by molar-refractivity contribution is -0.114. The van der Waals surface area contributed by atoms with E-state index in [1.807, 2.05) is 36.5 Å². The Balaban J connectivity index is 1.23. The number of halogens is 1. The van der Waals surface area contributed by atoms with Gasteiger partial charge in [-0.1, -0.05) is 18.2 Å². The molecule has 0 spiro atoms. The molecule has 0 radical (unpaired) electrons. The highest BCUT2D eigenvalue weighted by Crippen LogP contribution is 2.30. The number of carbonyl (C=O) groups excluding carboxylic acids is 1. The highest BCUT2D eigenvalue weighted by atomic mass is 32.2. The summed E-state index contributed by atoms with van der Waals surface area (Å²) in [5, 5.41) is 6.92. The lowest BCUT2D eigenvalue weighted by Crippen LogP contribution is -2.50. The predicted octanol–water partition coefficient (Wildman–Crippen LogP) is 3.90. The SMILES string of the molecule is CC(=O)Nc1cc(F)c(S(=O)(=O)N2CCN(C[C@H](C)Nc3ncnc4c(-c5cccnc5)cccc34)CC2)cc1C. The number of pyridine rings is 1. The van der Waals surface area contributed by atoms with Crippen LogP contribution in [0.3, 0.4) is 0 Å². The maximum absolute atomic E-state index is 14.8. The van der Waals surface area contributed by atoms with Gasteiger partial charge in [0.1, 0.15) is 22.9 Å². The first-order chi connectivity index (χ1) is 19.6. The van der Waals surface area contributed by atoms with Crippen LogP contribution in [0.15, 0.2) is 66.1 Å². The molecule has 2 aromatic heterocycles. The van der Waals surface area contributed by atoms with Gasteiger partial charge in [0.15, 0.2) is 0 Å². The smallest absolute Gasteiger partial charge is 0.246 e. The van der Waals surface area contributed by atoms with Crippen molar-refractivity contribution in [2.24, 2.45) is 0 Å². The van der Waals surface area contributed by atoms with Gasteiger partial charge in [0, 0.05) is 80.3 Å². The Morgan fingerprint density at radius 2 is 1.88 bits per heavy atom. The molecular weight excluding hydrogens is 545 g/mol. The maximum Gasteiger partial charge on any atom is 0.246 e. The number of aryl methyl sites for hydroxylation is 1. The van der Waals surface area contributed by atoms with Crippen molar-refractivity contribution in [2.45, 2.75) is 31.7 Å². The molecule has 1 aliphatic heterocycles. The highest BCUT2D eigenvalue weighted by Gasteiger charge is 2.31. The second-order valence-electron chi connectivity index (χ2n) is 10.2. The first-order valence-electron chi connectivity index (χ1n) is 13.3. The van der Waals surface area contributed by atoms with E-state index in [1.165, 1.54) is 17.3 Å². The third-order valence-corrected chi connectivity index (χ3v) is 9.00. The van der Waals surface area contributed by atoms with Crippen LogP contribution in [-0.2, 0) is 14.8 Å². The summed E-state index contributed by atoms with van der Waals surface area (Å²) < 4.78 is 42.7. The number of fused-ring (bicyclic) bond motifs is 1. The van der Waals surface area contributed by atoms with E-state index < -0.39 is 15.8 Å². The van der Waals surface area contributed by atoms with E-state index in [1.54, 1.807) is 19.4 Å². The van der Waals surface area contributed by atoms with Gasteiger partial charge in [0.2, 0.25) is 15.9 Å². The molecule has 10 nitrogen and oxygen atoms in total. The number of hydrogen-bond donors (Lipinski definition) is 2. The molecule has 1 atom stereocenters. The molecule has 4 aromatic rings. The second kappa shape index (κ2) is 11.9. The number of benzene rings is 2. The van der Waals surface area contributed by atoms with Crippen LogP contribution >= 0.6 is 0 Å². The summed E-state index contributed by atoms with van der Waals surface area (Å²) in [6, 6.07) is 12.2. The van der Waals surface area contributed by atoms with E-state index in [9.17, 15) is 17.6 Å². The van der Waals surface area contributed by atoms with Crippen molar-refractivity contribution in [1.29, 1.82) is 0 Å². The number of para-hydroxylation sites is 1. The standard InChI is InChI=1S/C29H32FN7O3S/c1-19-14-27(25(30)15-26(19)35-21(3)38)41(39,40)37-12-10-36(11-13-37)17-20(2)34-29-24-8-4-7-23(28(24)32-18-33-29)22-6-5-9-31-16-22/h4-9,14-16,18,20H,10-13,17H2,1-3H3,(H,35,38)(H,32,33,34)/t20-/m0/s1. The third kappa shape index (κ3) is 6.19. The molecule has 1 saturated heterocycles. The molecule has 214 valence electrons. The Morgan fingerprint density at radius 1 is 1.10 bits per heavy atom. The number of aromatic nitrogens is 3. The number of carbonyl (C=O) groups is 1. The number of piperazine rings is 1. The van der Waals surface area contributed by atoms with Gasteiger partial charge < -0.3 is 10.6 Å². The summed E-state index contributed by atoms with van der Waals surface area (Å²) in [6.07, 6.45) is 5.09. The van der Waals surface area contributed by atoms with E-state index in [-0.39, 0.29) is 35.6 Å². The summed E-state index contributed by atoms with van der Waals surface area (Å²) in [6.45, 7) is 7.16. The molecule has 2 N–H and O–H groups in total. The van der Waals surface area contributed by atoms with E-state index in [0.29, 0.717) is 25.2 Å². The third-order valence-electron chi connectivity index (χ3n) is 7.09. The number of sulfonamides is 1. The number of rotatable bonds is 8. The van der Waals surface area contributed by atoms with Crippen LogP contribution < -0.4 is 10.6 Å². The van der Waals surface area contributed by atoms with E-state index in [2.05, 4.69) is 37.4 Å². The summed E-state index contributed by atoms with van der Waals surface area (Å²) in [5.74, 6) is -0.517. The first-order valence-corrected chi connectivity index (χ1v) is 14.8. The minimum atomic E-state index is -4.03. The number of nitrogens with one attached hydrogen (secondary N) is 2. The molecule has 5 rings (SSSR count). The summed E-state index contributed by atoms with van der Waals surface area (Å²) >= 11 is 0. The van der Waals surface area contributed by atoms with E-state index >= 15 is 0 Å². The number of amides is 1. The van der Waals surface area contributed by atoms with Gasteiger partial charge in [-0.25, -0.2) is 22.8 Å². The quantitative estimate of drug-likeness (QED) is 0.324. The van der Waals surface area contributed by atoms with Gasteiger partial charge >= 0.3 is 0 Å². The van der Waals surface area contributed by atoms with Gasteiger partial charge in [-0.2, -0.15) is 4.31 Å². The average Bonchev–Trinajstić information content (AvgIpc) is 2.95. The molecule has 0 bridgehead atoms. The molecular formula is C29H32FN7O3S. The van der Waals surface area contributed by atoms with Crippen molar-refractivity contribution in [2.75, 3.05) is 43.4 Å². The molecule has 0 unspecified atom stereocenters. The van der Waals surface area contributed by atoms with Crippen LogP contribution in [-0.4, -0.2) is 77.2 Å². The molecule has 41 heavy (non-hydrogen) atoms. The Labute approximate surface area is 238 Å². The van der Waals surface area contributed by atoms with Crippen molar-refractivity contribution in [3.8, 4) is 11.1 Å². The molecule has 1 fully saturated rings. The Hall–Kier alpha value is -4.00. The van der Waals surface area contributed by atoms with Gasteiger partial charge in [0.25, 0.3) is 0 Å². The first kappa shape index (κ1) is 28.5. The van der Waals surface area contributed by atoms with Crippen LogP contribution in [0.2, 0.25) is 0 Å². The molecule has 12 heteroatoms. The minimum Gasteiger partial charge on any atom is -0.366 e. The zero-order valence-corrected chi connectivity index (χ0v) is 23.9. The lowest BCUT2D eigenvalue weighted by atomic mass is 10.0. The van der Waals surface area contributed by atoms with Crippen LogP contribution in [0, 0.1) is 12.7 Å². The molecule has 0 saturated carbocycles. The zero-order valence-electron chi connectivity index (χ0n) is 23.1. The monoisotopic (exact) mass is 577 g/mol. The summed E-state index contributed by atoms with van der Waals surface area (Å²) in [4.78, 5) is 26.4. The predicted molar refractivity (Wildman–Crippen MR) is 156 cm³/mol. The zero-order chi connectivity index (χ0) is 29.1. The number of hydrogen-bond acceptors (Lipinski definition) is 8. The van der Waals surface area contributed by atoms with Gasteiger partial charge in [-0.3, -0.25) is 14.7 Å². The molecule has 1 amide bonds. The average molecular weight is 578 g/mol. The van der Waals surface area contributed by atoms with Crippen LogP contribution in [0.25, 0.3) is 22.0 Å². The van der Waals surface area contributed by atoms with Crippen molar-refractivity contribution in [3.05, 3.63) is 72.6 Å². The fourth-order valence-electron chi connectivity index (χ4n) is 5.09. The lowest BCUT2D eigenvalue weighted by Gasteiger charge is -2.35. The largest absolute Gasteiger partial charge is 0.366 e. The Morgan fingerprint density at radius 3 is 2.59 bits per heavy atom. The van der Waals surface area contributed by atoms with Crippen LogP contribution in [0.4, 0.5) is 15.9 Å². The number of anilines is 2. The van der Waals surface area contributed by atoms with Crippen molar-refractivity contribution >= 4 is 38.3 Å². The van der Waals surface area contributed by atoms with E-state index in [4.69, 9.17) is 0 Å². The normalized spacial score (nSPS) is 15.5. The second-order valence-corrected chi connectivity index (χ2v) is 12.1. The topological polar surface area (TPSA) is 120 Å². The van der Waals surface area contributed by atoms with Crippen molar-refractivity contribution in [1.82, 2.24) is 24.2 Å². The van der Waals surface area contributed by atoms with Crippen LogP contribution in [0.5, 0.6) is 0 Å². The Kier molecular flexibility index (Phi) is 8.25. The minimum absolute atomic E-state index is 0.0136. The van der Waals surface area contributed by atoms with Crippen molar-refractivity contribution < 1.29 is 17.6 Å². The molecule has 1 aliphatic rings. The van der Waals surface area contributed by atoms with Gasteiger partial charge in [-0.05, 0) is 43.7 Å². The molecule has 3 heterocycles. The fraction of sp³-hybridized carbons (Fsp3) is 0.310. The number of nitrogens with zero attached hydrogens (tertiary/aromatic N) is 5. The molecule has 0 aliphatic carbocycles. The highest BCUT2D eigenvalue weighted by molar-refractivity contribution is 7.89. The maximum atomic E-state index is 14.8. The van der Waals surface area contributed by atoms with Crippen LogP contribution in [0.1, 0.15) is 19.4 Å². The summed E-state index contributed by atoms with van der Waals surface area (Å²) in [7, 11) is -4.03. The van der Waals surface area contributed by atoms with Crippen molar-refractivity contribution in [3.63, 3.8) is 0 Å². The molecule has 2 aromatic carbocycles. The fourth-order valence-corrected chi connectivity index (χ4v) is 6.65. The Bertz CT molecular complexity index is 1680. The van der Waals surface area contributed by atoms with Gasteiger partial charge in [-0.15, -0.1) is 0 Å². The van der Waals surface area contributed by atoms with E-state index in [0.717, 1.165) is 33.9 Å². The summed E-state index contributed by atoms with van der Waals surface area (Å²) in [5.41, 5.74) is 3.51.